The summed E-state index contributed by atoms with van der Waals surface area (Å²) in [5.41, 5.74) is 2.59. The molecule has 31 heavy (non-hydrogen) atoms. The zero-order valence-corrected chi connectivity index (χ0v) is 17.1. The van der Waals surface area contributed by atoms with Gasteiger partial charge in [0.1, 0.15) is 0 Å². The van der Waals surface area contributed by atoms with Gasteiger partial charge in [0.25, 0.3) is 11.8 Å². The number of nitrogens with one attached hydrogen (secondary N) is 3. The molecule has 7 nitrogen and oxygen atoms in total. The Bertz CT molecular complexity index is 1070. The highest BCUT2D eigenvalue weighted by Crippen LogP contribution is 2.21. The number of carbonyl (C=O) groups excluding carboxylic acids is 3. The Morgan fingerprint density at radius 1 is 0.839 bits per heavy atom. The second-order valence-electron chi connectivity index (χ2n) is 6.60. The number of amides is 2. The smallest absolute Gasteiger partial charge is 0.340 e. The molecule has 0 unspecified atom stereocenters. The topological polar surface area (TPSA) is 96.5 Å². The second-order valence-corrected chi connectivity index (χ2v) is 6.60. The molecule has 0 aromatic heterocycles. The number of anilines is 3. The van der Waals surface area contributed by atoms with Crippen LogP contribution in [0.25, 0.3) is 0 Å². The van der Waals surface area contributed by atoms with E-state index in [4.69, 9.17) is 4.74 Å². The molecular formula is C24H23N3O4. The van der Waals surface area contributed by atoms with Crippen LogP contribution in [-0.2, 0) is 9.53 Å². The van der Waals surface area contributed by atoms with Gasteiger partial charge >= 0.3 is 5.97 Å². The van der Waals surface area contributed by atoms with Crippen molar-refractivity contribution in [3.63, 3.8) is 0 Å². The van der Waals surface area contributed by atoms with E-state index in [1.807, 2.05) is 37.3 Å². The molecule has 0 atom stereocenters. The lowest BCUT2D eigenvalue weighted by Gasteiger charge is -2.12. The van der Waals surface area contributed by atoms with Crippen molar-refractivity contribution in [3.8, 4) is 0 Å². The van der Waals surface area contributed by atoms with Gasteiger partial charge in [-0.2, -0.15) is 0 Å². The fourth-order valence-corrected chi connectivity index (χ4v) is 2.85. The minimum absolute atomic E-state index is 0.229. The number of benzene rings is 3. The van der Waals surface area contributed by atoms with E-state index in [-0.39, 0.29) is 5.91 Å². The molecule has 158 valence electrons. The van der Waals surface area contributed by atoms with Crippen LogP contribution in [-0.4, -0.2) is 30.9 Å². The number of carbonyl (C=O) groups is 3. The van der Waals surface area contributed by atoms with Crippen LogP contribution in [0.1, 0.15) is 27.6 Å². The van der Waals surface area contributed by atoms with Gasteiger partial charge in [-0.05, 0) is 49.4 Å². The summed E-state index contributed by atoms with van der Waals surface area (Å²) in [5, 5.41) is 8.49. The zero-order valence-electron chi connectivity index (χ0n) is 17.1. The first kappa shape index (κ1) is 21.6. The van der Waals surface area contributed by atoms with Crippen LogP contribution in [0.5, 0.6) is 0 Å². The Balaban J connectivity index is 1.59. The van der Waals surface area contributed by atoms with E-state index in [1.54, 1.807) is 48.5 Å². The Morgan fingerprint density at radius 2 is 1.55 bits per heavy atom. The van der Waals surface area contributed by atoms with E-state index in [2.05, 4.69) is 16.0 Å². The summed E-state index contributed by atoms with van der Waals surface area (Å²) in [6.07, 6.45) is 0. The molecule has 3 aromatic carbocycles. The summed E-state index contributed by atoms with van der Waals surface area (Å²) in [4.78, 5) is 36.7. The maximum atomic E-state index is 12.5. The molecule has 7 heteroatoms. The molecule has 0 aliphatic heterocycles. The van der Waals surface area contributed by atoms with Crippen molar-refractivity contribution < 1.29 is 19.1 Å². The predicted octanol–water partition coefficient (Wildman–Crippen LogP) is 3.98. The van der Waals surface area contributed by atoms with E-state index in [9.17, 15) is 14.4 Å². The van der Waals surface area contributed by atoms with Crippen LogP contribution in [0.15, 0.2) is 78.9 Å². The monoisotopic (exact) mass is 417 g/mol. The number of ether oxygens (including phenoxy) is 1. The molecule has 0 heterocycles. The fourth-order valence-electron chi connectivity index (χ4n) is 2.85. The van der Waals surface area contributed by atoms with Crippen LogP contribution in [0, 0.1) is 0 Å². The van der Waals surface area contributed by atoms with Gasteiger partial charge in [-0.1, -0.05) is 36.4 Å². The van der Waals surface area contributed by atoms with Crippen molar-refractivity contribution in [2.24, 2.45) is 0 Å². The Morgan fingerprint density at radius 3 is 2.32 bits per heavy atom. The van der Waals surface area contributed by atoms with Gasteiger partial charge in [0, 0.05) is 23.5 Å². The highest BCUT2D eigenvalue weighted by atomic mass is 16.5. The summed E-state index contributed by atoms with van der Waals surface area (Å²) in [7, 11) is 0. The maximum Gasteiger partial charge on any atom is 0.340 e. The van der Waals surface area contributed by atoms with Gasteiger partial charge in [0.2, 0.25) is 0 Å². The third kappa shape index (κ3) is 6.17. The van der Waals surface area contributed by atoms with Crippen LogP contribution < -0.4 is 16.0 Å². The van der Waals surface area contributed by atoms with Crippen molar-refractivity contribution in [3.05, 3.63) is 90.0 Å². The van der Waals surface area contributed by atoms with Crippen LogP contribution in [0.2, 0.25) is 0 Å². The summed E-state index contributed by atoms with van der Waals surface area (Å²) in [6.45, 7) is 1.88. The second kappa shape index (κ2) is 10.6. The highest BCUT2D eigenvalue weighted by molar-refractivity contribution is 6.00. The zero-order chi connectivity index (χ0) is 22.1. The molecule has 3 rings (SSSR count). The largest absolute Gasteiger partial charge is 0.452 e. The first-order valence-electron chi connectivity index (χ1n) is 9.83. The van der Waals surface area contributed by atoms with E-state index in [1.165, 1.54) is 0 Å². The molecule has 3 N–H and O–H groups in total. The normalized spacial score (nSPS) is 10.1. The van der Waals surface area contributed by atoms with Gasteiger partial charge in [0.05, 0.1) is 11.3 Å². The first-order valence-corrected chi connectivity index (χ1v) is 9.83. The van der Waals surface area contributed by atoms with Gasteiger partial charge in [-0.3, -0.25) is 9.59 Å². The average molecular weight is 417 g/mol. The third-order valence-corrected chi connectivity index (χ3v) is 4.28. The van der Waals surface area contributed by atoms with Crippen molar-refractivity contribution in [2.45, 2.75) is 6.92 Å². The predicted molar refractivity (Wildman–Crippen MR) is 120 cm³/mol. The number of rotatable bonds is 8. The number of para-hydroxylation sites is 2. The molecule has 0 saturated heterocycles. The maximum absolute atomic E-state index is 12.5. The molecule has 0 spiro atoms. The van der Waals surface area contributed by atoms with Crippen LogP contribution in [0.3, 0.4) is 0 Å². The Labute approximate surface area is 180 Å². The lowest BCUT2D eigenvalue weighted by molar-refractivity contribution is -0.119. The summed E-state index contributed by atoms with van der Waals surface area (Å²) in [5.74, 6) is -1.35. The van der Waals surface area contributed by atoms with Crippen LogP contribution in [0.4, 0.5) is 17.1 Å². The molecule has 0 aliphatic carbocycles. The number of hydrogen-bond acceptors (Lipinski definition) is 5. The Hall–Kier alpha value is -4.13. The van der Waals surface area contributed by atoms with Crippen molar-refractivity contribution in [2.75, 3.05) is 23.8 Å². The van der Waals surface area contributed by atoms with Gasteiger partial charge in [-0.25, -0.2) is 4.79 Å². The molecular weight excluding hydrogens is 394 g/mol. The minimum Gasteiger partial charge on any atom is -0.452 e. The third-order valence-electron chi connectivity index (χ3n) is 4.28. The Kier molecular flexibility index (Phi) is 7.37. The molecule has 0 aliphatic rings. The van der Waals surface area contributed by atoms with Crippen LogP contribution >= 0.6 is 0 Å². The summed E-state index contributed by atoms with van der Waals surface area (Å²) >= 11 is 0. The molecule has 2 amide bonds. The lowest BCUT2D eigenvalue weighted by Crippen LogP contribution is -2.23. The van der Waals surface area contributed by atoms with Gasteiger partial charge < -0.3 is 20.7 Å². The van der Waals surface area contributed by atoms with E-state index < -0.39 is 18.5 Å². The van der Waals surface area contributed by atoms with E-state index in [0.29, 0.717) is 29.0 Å². The summed E-state index contributed by atoms with van der Waals surface area (Å²) < 4.78 is 5.19. The molecule has 0 fully saturated rings. The lowest BCUT2D eigenvalue weighted by atomic mass is 10.1. The minimum atomic E-state index is -0.620. The molecule has 0 radical (unpaired) electrons. The first-order chi connectivity index (χ1) is 15.1. The quantitative estimate of drug-likeness (QED) is 0.482. The SMILES string of the molecule is CCNC(=O)c1cccc(NC(=O)COC(=O)c2ccccc2Nc2ccccc2)c1. The van der Waals surface area contributed by atoms with Gasteiger partial charge in [0.15, 0.2) is 6.61 Å². The van der Waals surface area contributed by atoms with Crippen molar-refractivity contribution >= 4 is 34.8 Å². The number of esters is 1. The number of hydrogen-bond donors (Lipinski definition) is 3. The van der Waals surface area contributed by atoms with Crippen molar-refractivity contribution in [1.82, 2.24) is 5.32 Å². The van der Waals surface area contributed by atoms with Crippen molar-refractivity contribution in [1.29, 1.82) is 0 Å². The standard InChI is InChI=1S/C24H23N3O4/c1-2-25-23(29)17-9-8-12-19(15-17)27-22(28)16-31-24(30)20-13-6-7-14-21(20)26-18-10-4-3-5-11-18/h3-15,26H,2,16H2,1H3,(H,25,29)(H,27,28). The molecule has 3 aromatic rings. The van der Waals surface area contributed by atoms with E-state index >= 15 is 0 Å². The fraction of sp³-hybridized carbons (Fsp3) is 0.125. The molecule has 0 bridgehead atoms. The average Bonchev–Trinajstić information content (AvgIpc) is 2.79. The van der Waals surface area contributed by atoms with Gasteiger partial charge in [-0.15, -0.1) is 0 Å². The highest BCUT2D eigenvalue weighted by Gasteiger charge is 2.15. The van der Waals surface area contributed by atoms with E-state index in [0.717, 1.165) is 5.69 Å². The molecule has 0 saturated carbocycles. The summed E-state index contributed by atoms with van der Waals surface area (Å²) in [6, 6.07) is 22.9.